The SMILES string of the molecule is NCCc1ccc(S(=O)(=O)NCCc2nccs2)cc1. The summed E-state index contributed by atoms with van der Waals surface area (Å²) in [6, 6.07) is 6.80. The minimum absolute atomic E-state index is 0.275. The third-order valence-electron chi connectivity index (χ3n) is 2.78. The van der Waals surface area contributed by atoms with Crippen LogP contribution in [-0.4, -0.2) is 26.5 Å². The second kappa shape index (κ2) is 6.94. The Bertz CT molecular complexity index is 622. The van der Waals surface area contributed by atoms with Gasteiger partial charge in [0.2, 0.25) is 10.0 Å². The fraction of sp³-hybridized carbons (Fsp3) is 0.308. The highest BCUT2D eigenvalue weighted by Crippen LogP contribution is 2.11. The molecule has 1 aromatic heterocycles. The molecule has 0 spiro atoms. The normalized spacial score (nSPS) is 11.7. The minimum atomic E-state index is -3.45. The Morgan fingerprint density at radius 2 is 1.95 bits per heavy atom. The number of benzene rings is 1. The van der Waals surface area contributed by atoms with Crippen LogP contribution in [0.25, 0.3) is 0 Å². The molecule has 0 bridgehead atoms. The molecule has 1 heterocycles. The van der Waals surface area contributed by atoms with Gasteiger partial charge in [-0.3, -0.25) is 0 Å². The van der Waals surface area contributed by atoms with Crippen LogP contribution in [0, 0.1) is 0 Å². The van der Waals surface area contributed by atoms with E-state index < -0.39 is 10.0 Å². The number of nitrogens with zero attached hydrogens (tertiary/aromatic N) is 1. The van der Waals surface area contributed by atoms with Gasteiger partial charge in [0.25, 0.3) is 0 Å². The first-order valence-electron chi connectivity index (χ1n) is 6.29. The molecule has 20 heavy (non-hydrogen) atoms. The summed E-state index contributed by atoms with van der Waals surface area (Å²) in [5.74, 6) is 0. The van der Waals surface area contributed by atoms with Gasteiger partial charge in [0.1, 0.15) is 0 Å². The van der Waals surface area contributed by atoms with E-state index in [1.807, 2.05) is 5.38 Å². The number of nitrogens with one attached hydrogen (secondary N) is 1. The number of sulfonamides is 1. The Balaban J connectivity index is 1.95. The first-order valence-corrected chi connectivity index (χ1v) is 8.65. The van der Waals surface area contributed by atoms with Gasteiger partial charge in [-0.05, 0) is 30.7 Å². The molecule has 7 heteroatoms. The molecule has 0 fully saturated rings. The molecule has 0 saturated carbocycles. The molecule has 2 rings (SSSR count). The van der Waals surface area contributed by atoms with Crippen LogP contribution in [0.15, 0.2) is 40.7 Å². The summed E-state index contributed by atoms with van der Waals surface area (Å²) in [6.07, 6.45) is 3.06. The van der Waals surface area contributed by atoms with Crippen LogP contribution in [0.4, 0.5) is 0 Å². The fourth-order valence-corrected chi connectivity index (χ4v) is 3.41. The first-order chi connectivity index (χ1) is 9.62. The molecule has 0 aliphatic rings. The van der Waals surface area contributed by atoms with Crippen LogP contribution in [-0.2, 0) is 22.9 Å². The maximum atomic E-state index is 12.1. The molecule has 1 aromatic carbocycles. The lowest BCUT2D eigenvalue weighted by molar-refractivity contribution is 0.581. The van der Waals surface area contributed by atoms with Gasteiger partial charge in [0, 0.05) is 24.5 Å². The van der Waals surface area contributed by atoms with E-state index >= 15 is 0 Å². The van der Waals surface area contributed by atoms with E-state index in [1.165, 1.54) is 11.3 Å². The average Bonchev–Trinajstić information content (AvgIpc) is 2.93. The van der Waals surface area contributed by atoms with Gasteiger partial charge in [-0.25, -0.2) is 18.1 Å². The lowest BCUT2D eigenvalue weighted by Gasteiger charge is -2.06. The predicted octanol–water partition coefficient (Wildman–Crippen LogP) is 1.17. The second-order valence-electron chi connectivity index (χ2n) is 4.26. The number of thiazole rings is 1. The van der Waals surface area contributed by atoms with Crippen molar-refractivity contribution in [3.05, 3.63) is 46.4 Å². The lowest BCUT2D eigenvalue weighted by Crippen LogP contribution is -2.26. The number of aromatic nitrogens is 1. The molecule has 0 atom stereocenters. The zero-order valence-corrected chi connectivity index (χ0v) is 12.6. The molecule has 0 unspecified atom stereocenters. The summed E-state index contributed by atoms with van der Waals surface area (Å²) < 4.78 is 26.7. The van der Waals surface area contributed by atoms with Crippen molar-refractivity contribution in [2.75, 3.05) is 13.1 Å². The lowest BCUT2D eigenvalue weighted by atomic mass is 10.2. The van der Waals surface area contributed by atoms with Crippen LogP contribution < -0.4 is 10.5 Å². The van der Waals surface area contributed by atoms with Crippen LogP contribution in [0.5, 0.6) is 0 Å². The highest BCUT2D eigenvalue weighted by molar-refractivity contribution is 7.89. The Hall–Kier alpha value is -1.28. The Kier molecular flexibility index (Phi) is 5.24. The second-order valence-corrected chi connectivity index (χ2v) is 7.00. The third-order valence-corrected chi connectivity index (χ3v) is 5.10. The van der Waals surface area contributed by atoms with Gasteiger partial charge in [-0.1, -0.05) is 12.1 Å². The topological polar surface area (TPSA) is 85.1 Å². The van der Waals surface area contributed by atoms with Crippen LogP contribution in [0.3, 0.4) is 0 Å². The van der Waals surface area contributed by atoms with E-state index in [1.54, 1.807) is 30.5 Å². The summed E-state index contributed by atoms with van der Waals surface area (Å²) in [4.78, 5) is 4.39. The van der Waals surface area contributed by atoms with Crippen molar-refractivity contribution in [2.24, 2.45) is 5.73 Å². The molecule has 108 valence electrons. The number of hydrogen-bond acceptors (Lipinski definition) is 5. The maximum absolute atomic E-state index is 12.1. The van der Waals surface area contributed by atoms with Crippen molar-refractivity contribution in [3.8, 4) is 0 Å². The molecule has 0 saturated heterocycles. The van der Waals surface area contributed by atoms with Crippen molar-refractivity contribution >= 4 is 21.4 Å². The number of nitrogens with two attached hydrogens (primary N) is 1. The summed E-state index contributed by atoms with van der Waals surface area (Å²) in [7, 11) is -3.45. The average molecular weight is 311 g/mol. The summed E-state index contributed by atoms with van der Waals surface area (Å²) in [6.45, 7) is 0.901. The zero-order chi connectivity index (χ0) is 14.4. The first kappa shape index (κ1) is 15.1. The smallest absolute Gasteiger partial charge is 0.240 e. The van der Waals surface area contributed by atoms with Crippen molar-refractivity contribution in [1.82, 2.24) is 9.71 Å². The van der Waals surface area contributed by atoms with Crippen LogP contribution in [0.2, 0.25) is 0 Å². The van der Waals surface area contributed by atoms with E-state index in [2.05, 4.69) is 9.71 Å². The number of rotatable bonds is 7. The van der Waals surface area contributed by atoms with Gasteiger partial charge in [0.15, 0.2) is 0 Å². The van der Waals surface area contributed by atoms with Crippen molar-refractivity contribution < 1.29 is 8.42 Å². The zero-order valence-electron chi connectivity index (χ0n) is 11.0. The minimum Gasteiger partial charge on any atom is -0.330 e. The molecule has 0 amide bonds. The van der Waals surface area contributed by atoms with Gasteiger partial charge < -0.3 is 5.73 Å². The molecule has 5 nitrogen and oxygen atoms in total. The predicted molar refractivity (Wildman–Crippen MR) is 80.2 cm³/mol. The quantitative estimate of drug-likeness (QED) is 0.803. The summed E-state index contributed by atoms with van der Waals surface area (Å²) in [5, 5.41) is 2.80. The highest BCUT2D eigenvalue weighted by Gasteiger charge is 2.13. The number of hydrogen-bond donors (Lipinski definition) is 2. The largest absolute Gasteiger partial charge is 0.330 e. The molecule has 3 N–H and O–H groups in total. The van der Waals surface area contributed by atoms with E-state index in [9.17, 15) is 8.42 Å². The fourth-order valence-electron chi connectivity index (χ4n) is 1.75. The molecule has 2 aromatic rings. The van der Waals surface area contributed by atoms with Gasteiger partial charge in [-0.15, -0.1) is 11.3 Å². The van der Waals surface area contributed by atoms with E-state index in [-0.39, 0.29) is 4.90 Å². The summed E-state index contributed by atoms with van der Waals surface area (Å²) >= 11 is 1.52. The molecule has 0 aliphatic carbocycles. The molecule has 0 radical (unpaired) electrons. The Morgan fingerprint density at radius 1 is 1.20 bits per heavy atom. The van der Waals surface area contributed by atoms with E-state index in [0.717, 1.165) is 17.0 Å². The Morgan fingerprint density at radius 3 is 2.55 bits per heavy atom. The molecule has 0 aliphatic heterocycles. The third kappa shape index (κ3) is 4.11. The van der Waals surface area contributed by atoms with E-state index in [0.29, 0.717) is 19.5 Å². The summed E-state index contributed by atoms with van der Waals surface area (Å²) in [5.41, 5.74) is 6.50. The van der Waals surface area contributed by atoms with Gasteiger partial charge in [0.05, 0.1) is 9.90 Å². The maximum Gasteiger partial charge on any atom is 0.240 e. The van der Waals surface area contributed by atoms with Crippen LogP contribution in [0.1, 0.15) is 10.6 Å². The van der Waals surface area contributed by atoms with Crippen molar-refractivity contribution in [2.45, 2.75) is 17.7 Å². The van der Waals surface area contributed by atoms with Crippen molar-refractivity contribution in [1.29, 1.82) is 0 Å². The van der Waals surface area contributed by atoms with Crippen LogP contribution >= 0.6 is 11.3 Å². The monoisotopic (exact) mass is 311 g/mol. The Labute approximate surface area is 122 Å². The van der Waals surface area contributed by atoms with E-state index in [4.69, 9.17) is 5.73 Å². The standard InChI is InChI=1S/C13H17N3O2S2/c14-7-5-11-1-3-12(4-2-11)20(17,18)16-8-6-13-15-9-10-19-13/h1-4,9-10,16H,5-8,14H2. The van der Waals surface area contributed by atoms with Gasteiger partial charge >= 0.3 is 0 Å². The molecular weight excluding hydrogens is 294 g/mol. The van der Waals surface area contributed by atoms with Crippen molar-refractivity contribution in [3.63, 3.8) is 0 Å². The molecular formula is C13H17N3O2S2. The van der Waals surface area contributed by atoms with Gasteiger partial charge in [-0.2, -0.15) is 0 Å². The highest BCUT2D eigenvalue weighted by atomic mass is 32.2.